The number of hydrogen-bond acceptors (Lipinski definition) is 2. The minimum Gasteiger partial charge on any atom is -0.506 e. The summed E-state index contributed by atoms with van der Waals surface area (Å²) in [5, 5.41) is 13.9. The van der Waals surface area contributed by atoms with Crippen LogP contribution in [0, 0.1) is 5.92 Å². The van der Waals surface area contributed by atoms with Crippen molar-refractivity contribution in [2.24, 2.45) is 5.92 Å². The van der Waals surface area contributed by atoms with Gasteiger partial charge in [-0.1, -0.05) is 24.6 Å². The van der Waals surface area contributed by atoms with Gasteiger partial charge in [0.1, 0.15) is 5.75 Å². The predicted octanol–water partition coefficient (Wildman–Crippen LogP) is 3.15. The highest BCUT2D eigenvalue weighted by Crippen LogP contribution is 2.32. The lowest BCUT2D eigenvalue weighted by Crippen LogP contribution is -2.28. The molecule has 0 aromatic heterocycles. The highest BCUT2D eigenvalue weighted by Gasteiger charge is 2.16. The van der Waals surface area contributed by atoms with Gasteiger partial charge < -0.3 is 10.4 Å². The van der Waals surface area contributed by atoms with Crippen LogP contribution in [0.3, 0.4) is 0 Å². The van der Waals surface area contributed by atoms with Crippen LogP contribution in [0.15, 0.2) is 12.1 Å². The van der Waals surface area contributed by atoms with Crippen LogP contribution in [0.5, 0.6) is 5.75 Å². The van der Waals surface area contributed by atoms with Gasteiger partial charge in [0.15, 0.2) is 0 Å². The summed E-state index contributed by atoms with van der Waals surface area (Å²) in [6.45, 7) is 4.29. The van der Waals surface area contributed by atoms with Crippen LogP contribution < -0.4 is 5.32 Å². The van der Waals surface area contributed by atoms with Crippen molar-refractivity contribution in [1.29, 1.82) is 0 Å². The van der Waals surface area contributed by atoms with Gasteiger partial charge in [-0.15, -0.1) is 0 Å². The smallest absolute Gasteiger partial charge is 0.137 e. The largest absolute Gasteiger partial charge is 0.506 e. The van der Waals surface area contributed by atoms with E-state index in [9.17, 15) is 5.11 Å². The molecule has 17 heavy (non-hydrogen) atoms. The summed E-state index contributed by atoms with van der Waals surface area (Å²) >= 11 is 6.05. The fourth-order valence-corrected chi connectivity index (χ4v) is 2.74. The lowest BCUT2D eigenvalue weighted by molar-refractivity contribution is 0.366. The van der Waals surface area contributed by atoms with E-state index < -0.39 is 0 Å². The Morgan fingerprint density at radius 3 is 2.71 bits per heavy atom. The number of phenolic OH excluding ortho intramolecular Hbond substituents is 1. The Bertz CT molecular complexity index is 386. The zero-order valence-electron chi connectivity index (χ0n) is 10.3. The first-order valence-corrected chi connectivity index (χ1v) is 6.79. The van der Waals surface area contributed by atoms with Gasteiger partial charge in [-0.25, -0.2) is 0 Å². The molecule has 0 atom stereocenters. The SMILES string of the molecule is CCc1cc(Cl)c(O)c(CC2CCNCC2)c1. The molecule has 0 bridgehead atoms. The summed E-state index contributed by atoms with van der Waals surface area (Å²) in [5.74, 6) is 0.952. The van der Waals surface area contributed by atoms with Gasteiger partial charge in [-0.3, -0.25) is 0 Å². The molecule has 1 saturated heterocycles. The van der Waals surface area contributed by atoms with Gasteiger partial charge in [0.05, 0.1) is 5.02 Å². The topological polar surface area (TPSA) is 32.3 Å². The summed E-state index contributed by atoms with van der Waals surface area (Å²) < 4.78 is 0. The van der Waals surface area contributed by atoms with Crippen LogP contribution in [0.1, 0.15) is 30.9 Å². The number of halogens is 1. The second-order valence-electron chi connectivity index (χ2n) is 4.84. The van der Waals surface area contributed by atoms with Crippen LogP contribution >= 0.6 is 11.6 Å². The molecule has 0 unspecified atom stereocenters. The Kier molecular flexibility index (Phi) is 4.30. The quantitative estimate of drug-likeness (QED) is 0.867. The third kappa shape index (κ3) is 3.14. The van der Waals surface area contributed by atoms with Crippen molar-refractivity contribution in [3.63, 3.8) is 0 Å². The fourth-order valence-electron chi connectivity index (χ4n) is 2.47. The minimum absolute atomic E-state index is 0.280. The lowest BCUT2D eigenvalue weighted by Gasteiger charge is -2.23. The molecule has 1 aliphatic heterocycles. The Morgan fingerprint density at radius 1 is 1.35 bits per heavy atom. The molecule has 0 radical (unpaired) electrons. The third-order valence-electron chi connectivity index (χ3n) is 3.58. The number of piperidine rings is 1. The first kappa shape index (κ1) is 12.7. The molecule has 2 rings (SSSR count). The summed E-state index contributed by atoms with van der Waals surface area (Å²) in [4.78, 5) is 0. The van der Waals surface area contributed by atoms with Crippen molar-refractivity contribution in [3.8, 4) is 5.75 Å². The van der Waals surface area contributed by atoms with Gasteiger partial charge in [0.2, 0.25) is 0 Å². The van der Waals surface area contributed by atoms with Crippen molar-refractivity contribution in [3.05, 3.63) is 28.3 Å². The molecular weight excluding hydrogens is 234 g/mol. The second-order valence-corrected chi connectivity index (χ2v) is 5.24. The third-order valence-corrected chi connectivity index (χ3v) is 3.87. The Morgan fingerprint density at radius 2 is 2.06 bits per heavy atom. The van der Waals surface area contributed by atoms with E-state index in [-0.39, 0.29) is 5.75 Å². The highest BCUT2D eigenvalue weighted by atomic mass is 35.5. The van der Waals surface area contributed by atoms with Crippen LogP contribution in [0.4, 0.5) is 0 Å². The van der Waals surface area contributed by atoms with Crippen molar-refractivity contribution in [2.45, 2.75) is 32.6 Å². The molecule has 0 amide bonds. The van der Waals surface area contributed by atoms with Crippen LogP contribution in [0.25, 0.3) is 0 Å². The van der Waals surface area contributed by atoms with Crippen LogP contribution in [-0.4, -0.2) is 18.2 Å². The molecule has 1 heterocycles. The van der Waals surface area contributed by atoms with Gasteiger partial charge in [0, 0.05) is 0 Å². The highest BCUT2D eigenvalue weighted by molar-refractivity contribution is 6.32. The van der Waals surface area contributed by atoms with E-state index in [1.807, 2.05) is 6.07 Å². The van der Waals surface area contributed by atoms with Gasteiger partial charge in [-0.2, -0.15) is 0 Å². The molecule has 2 nitrogen and oxygen atoms in total. The van der Waals surface area contributed by atoms with Crippen molar-refractivity contribution in [1.82, 2.24) is 5.32 Å². The van der Waals surface area contributed by atoms with Crippen molar-refractivity contribution < 1.29 is 5.11 Å². The molecular formula is C14H20ClNO. The monoisotopic (exact) mass is 253 g/mol. The van der Waals surface area contributed by atoms with E-state index in [2.05, 4.69) is 18.3 Å². The van der Waals surface area contributed by atoms with Gasteiger partial charge in [-0.05, 0) is 61.9 Å². The number of hydrogen-bond donors (Lipinski definition) is 2. The minimum atomic E-state index is 0.280. The van der Waals surface area contributed by atoms with E-state index in [0.717, 1.165) is 31.5 Å². The molecule has 0 aliphatic carbocycles. The molecule has 1 fully saturated rings. The maximum absolute atomic E-state index is 10.0. The number of benzene rings is 1. The average molecular weight is 254 g/mol. The molecule has 94 valence electrons. The fraction of sp³-hybridized carbons (Fsp3) is 0.571. The average Bonchev–Trinajstić information content (AvgIpc) is 2.36. The van der Waals surface area contributed by atoms with E-state index in [4.69, 9.17) is 11.6 Å². The lowest BCUT2D eigenvalue weighted by atomic mass is 9.90. The first-order valence-electron chi connectivity index (χ1n) is 6.41. The summed E-state index contributed by atoms with van der Waals surface area (Å²) in [6.07, 6.45) is 4.28. The number of phenols is 1. The second kappa shape index (κ2) is 5.74. The first-order chi connectivity index (χ1) is 8.20. The zero-order chi connectivity index (χ0) is 12.3. The molecule has 0 spiro atoms. The number of aryl methyl sites for hydroxylation is 1. The molecule has 2 N–H and O–H groups in total. The number of rotatable bonds is 3. The molecule has 1 aromatic rings. The Balaban J connectivity index is 2.15. The van der Waals surface area contributed by atoms with Crippen LogP contribution in [0.2, 0.25) is 5.02 Å². The number of aromatic hydroxyl groups is 1. The zero-order valence-corrected chi connectivity index (χ0v) is 11.1. The Labute approximate surface area is 108 Å². The Hall–Kier alpha value is -0.730. The summed E-state index contributed by atoms with van der Waals surface area (Å²) in [7, 11) is 0. The summed E-state index contributed by atoms with van der Waals surface area (Å²) in [5.41, 5.74) is 2.22. The number of nitrogens with one attached hydrogen (secondary N) is 1. The van der Waals surface area contributed by atoms with Gasteiger partial charge >= 0.3 is 0 Å². The maximum atomic E-state index is 10.0. The van der Waals surface area contributed by atoms with E-state index in [1.54, 1.807) is 0 Å². The molecule has 3 heteroatoms. The van der Waals surface area contributed by atoms with Crippen molar-refractivity contribution in [2.75, 3.05) is 13.1 Å². The van der Waals surface area contributed by atoms with Gasteiger partial charge in [0.25, 0.3) is 0 Å². The van der Waals surface area contributed by atoms with Crippen molar-refractivity contribution >= 4 is 11.6 Å². The van der Waals surface area contributed by atoms with E-state index in [1.165, 1.54) is 18.4 Å². The van der Waals surface area contributed by atoms with E-state index in [0.29, 0.717) is 10.9 Å². The normalized spacial score (nSPS) is 17.3. The standard InChI is InChI=1S/C14H20ClNO/c1-2-10-7-12(14(17)13(15)9-10)8-11-3-5-16-6-4-11/h7,9,11,16-17H,2-6,8H2,1H3. The molecule has 1 aromatic carbocycles. The van der Waals surface area contributed by atoms with Crippen LogP contribution in [-0.2, 0) is 12.8 Å². The predicted molar refractivity (Wildman–Crippen MR) is 71.8 cm³/mol. The summed E-state index contributed by atoms with van der Waals surface area (Å²) in [6, 6.07) is 3.96. The maximum Gasteiger partial charge on any atom is 0.137 e. The molecule has 0 saturated carbocycles. The molecule has 1 aliphatic rings. The van der Waals surface area contributed by atoms with E-state index >= 15 is 0 Å².